The minimum absolute atomic E-state index is 0.159. The van der Waals surface area contributed by atoms with Gasteiger partial charge in [0.15, 0.2) is 0 Å². The van der Waals surface area contributed by atoms with Gasteiger partial charge >= 0.3 is 0 Å². The molecule has 0 saturated carbocycles. The number of anilines is 1. The molecule has 0 fully saturated rings. The molecule has 4 heteroatoms. The average molecular weight is 213 g/mol. The van der Waals surface area contributed by atoms with E-state index in [9.17, 15) is 4.79 Å². The molecule has 0 saturated heterocycles. The molecule has 2 aromatic heterocycles. The van der Waals surface area contributed by atoms with Crippen LogP contribution in [0.1, 0.15) is 16.1 Å². The lowest BCUT2D eigenvalue weighted by molar-refractivity contribution is 0.102. The van der Waals surface area contributed by atoms with Crippen LogP contribution in [0, 0.1) is 6.92 Å². The number of aromatic nitrogens is 2. The van der Waals surface area contributed by atoms with Gasteiger partial charge in [0.2, 0.25) is 0 Å². The first-order chi connectivity index (χ1) is 7.75. The van der Waals surface area contributed by atoms with Crippen LogP contribution < -0.4 is 5.32 Å². The van der Waals surface area contributed by atoms with E-state index in [2.05, 4.69) is 15.3 Å². The summed E-state index contributed by atoms with van der Waals surface area (Å²) in [7, 11) is 0. The fourth-order valence-corrected chi connectivity index (χ4v) is 1.25. The highest BCUT2D eigenvalue weighted by Gasteiger charge is 2.04. The molecule has 1 N–H and O–H groups in total. The quantitative estimate of drug-likeness (QED) is 0.830. The van der Waals surface area contributed by atoms with Crippen LogP contribution in [0.5, 0.6) is 0 Å². The number of amides is 1. The SMILES string of the molecule is Cc1ccc(NC(=O)c2ccncc2)cn1. The first kappa shape index (κ1) is 10.3. The number of pyridine rings is 2. The molecule has 0 aliphatic heterocycles. The van der Waals surface area contributed by atoms with Gasteiger partial charge in [-0.2, -0.15) is 0 Å². The monoisotopic (exact) mass is 213 g/mol. The Morgan fingerprint density at radius 1 is 1.19 bits per heavy atom. The van der Waals surface area contributed by atoms with Gasteiger partial charge in [0.05, 0.1) is 11.9 Å². The van der Waals surface area contributed by atoms with Gasteiger partial charge in [-0.15, -0.1) is 0 Å². The summed E-state index contributed by atoms with van der Waals surface area (Å²) in [6.45, 7) is 1.90. The Balaban J connectivity index is 2.11. The van der Waals surface area contributed by atoms with Crippen LogP contribution in [-0.2, 0) is 0 Å². The Morgan fingerprint density at radius 3 is 2.56 bits per heavy atom. The first-order valence-corrected chi connectivity index (χ1v) is 4.90. The van der Waals surface area contributed by atoms with Crippen molar-refractivity contribution in [2.24, 2.45) is 0 Å². The number of aryl methyl sites for hydroxylation is 1. The van der Waals surface area contributed by atoms with Crippen molar-refractivity contribution in [1.29, 1.82) is 0 Å². The maximum Gasteiger partial charge on any atom is 0.255 e. The number of carbonyl (C=O) groups is 1. The number of nitrogens with one attached hydrogen (secondary N) is 1. The molecule has 0 bridgehead atoms. The largest absolute Gasteiger partial charge is 0.321 e. The molecule has 0 aliphatic carbocycles. The van der Waals surface area contributed by atoms with Crippen molar-refractivity contribution in [3.05, 3.63) is 54.1 Å². The molecule has 0 atom stereocenters. The van der Waals surface area contributed by atoms with E-state index in [1.54, 1.807) is 30.7 Å². The molecule has 4 nitrogen and oxygen atoms in total. The van der Waals surface area contributed by atoms with E-state index in [4.69, 9.17) is 0 Å². The van der Waals surface area contributed by atoms with Crippen molar-refractivity contribution >= 4 is 11.6 Å². The highest BCUT2D eigenvalue weighted by molar-refractivity contribution is 6.04. The molecule has 0 aliphatic rings. The number of hydrogen-bond acceptors (Lipinski definition) is 3. The van der Waals surface area contributed by atoms with Crippen molar-refractivity contribution in [3.8, 4) is 0 Å². The molecular formula is C12H11N3O. The van der Waals surface area contributed by atoms with Crippen LogP contribution in [0.3, 0.4) is 0 Å². The van der Waals surface area contributed by atoms with Crippen LogP contribution in [-0.4, -0.2) is 15.9 Å². The molecule has 80 valence electrons. The Hall–Kier alpha value is -2.23. The number of rotatable bonds is 2. The van der Waals surface area contributed by atoms with E-state index < -0.39 is 0 Å². The summed E-state index contributed by atoms with van der Waals surface area (Å²) in [5, 5.41) is 2.76. The molecule has 0 spiro atoms. The number of hydrogen-bond donors (Lipinski definition) is 1. The Labute approximate surface area is 93.4 Å². The predicted octanol–water partition coefficient (Wildman–Crippen LogP) is 2.04. The van der Waals surface area contributed by atoms with Crippen molar-refractivity contribution in [3.63, 3.8) is 0 Å². The number of nitrogens with zero attached hydrogens (tertiary/aromatic N) is 2. The van der Waals surface area contributed by atoms with Crippen LogP contribution in [0.25, 0.3) is 0 Å². The Morgan fingerprint density at radius 2 is 1.94 bits per heavy atom. The van der Waals surface area contributed by atoms with Crippen molar-refractivity contribution < 1.29 is 4.79 Å². The third-order valence-electron chi connectivity index (χ3n) is 2.11. The second kappa shape index (κ2) is 4.53. The van der Waals surface area contributed by atoms with Gasteiger partial charge in [0, 0.05) is 23.7 Å². The Kier molecular flexibility index (Phi) is 2.91. The molecule has 16 heavy (non-hydrogen) atoms. The van der Waals surface area contributed by atoms with E-state index in [-0.39, 0.29) is 5.91 Å². The molecule has 1 amide bonds. The molecule has 2 aromatic rings. The number of carbonyl (C=O) groups excluding carboxylic acids is 1. The minimum Gasteiger partial charge on any atom is -0.321 e. The highest BCUT2D eigenvalue weighted by Crippen LogP contribution is 2.07. The molecular weight excluding hydrogens is 202 g/mol. The van der Waals surface area contributed by atoms with Gasteiger partial charge in [-0.25, -0.2) is 0 Å². The Bertz CT molecular complexity index is 479. The van der Waals surface area contributed by atoms with E-state index in [0.29, 0.717) is 11.3 Å². The summed E-state index contributed by atoms with van der Waals surface area (Å²) in [4.78, 5) is 19.7. The lowest BCUT2D eigenvalue weighted by Gasteiger charge is -2.04. The zero-order valence-electron chi connectivity index (χ0n) is 8.84. The topological polar surface area (TPSA) is 54.9 Å². The lowest BCUT2D eigenvalue weighted by Crippen LogP contribution is -2.11. The third kappa shape index (κ3) is 2.42. The molecule has 0 radical (unpaired) electrons. The van der Waals surface area contributed by atoms with Crippen LogP contribution in [0.4, 0.5) is 5.69 Å². The summed E-state index contributed by atoms with van der Waals surface area (Å²) in [5.41, 5.74) is 2.19. The molecule has 0 unspecified atom stereocenters. The van der Waals surface area contributed by atoms with E-state index in [1.807, 2.05) is 19.1 Å². The maximum absolute atomic E-state index is 11.7. The smallest absolute Gasteiger partial charge is 0.255 e. The fourth-order valence-electron chi connectivity index (χ4n) is 1.25. The second-order valence-corrected chi connectivity index (χ2v) is 3.38. The molecule has 2 rings (SSSR count). The van der Waals surface area contributed by atoms with Gasteiger partial charge < -0.3 is 5.32 Å². The minimum atomic E-state index is -0.159. The van der Waals surface area contributed by atoms with Crippen LogP contribution >= 0.6 is 0 Å². The highest BCUT2D eigenvalue weighted by atomic mass is 16.1. The summed E-state index contributed by atoms with van der Waals surface area (Å²) in [5.74, 6) is -0.159. The third-order valence-corrected chi connectivity index (χ3v) is 2.11. The van der Waals surface area contributed by atoms with E-state index in [1.165, 1.54) is 0 Å². The van der Waals surface area contributed by atoms with Gasteiger partial charge in [0.1, 0.15) is 0 Å². The molecule has 2 heterocycles. The van der Waals surface area contributed by atoms with Crippen molar-refractivity contribution in [2.45, 2.75) is 6.92 Å². The lowest BCUT2D eigenvalue weighted by atomic mass is 10.2. The van der Waals surface area contributed by atoms with Gasteiger partial charge in [-0.1, -0.05) is 0 Å². The zero-order valence-corrected chi connectivity index (χ0v) is 8.84. The van der Waals surface area contributed by atoms with Crippen molar-refractivity contribution in [2.75, 3.05) is 5.32 Å². The van der Waals surface area contributed by atoms with E-state index in [0.717, 1.165) is 5.69 Å². The summed E-state index contributed by atoms with van der Waals surface area (Å²) < 4.78 is 0. The van der Waals surface area contributed by atoms with Crippen molar-refractivity contribution in [1.82, 2.24) is 9.97 Å². The van der Waals surface area contributed by atoms with Gasteiger partial charge in [-0.05, 0) is 31.2 Å². The maximum atomic E-state index is 11.7. The first-order valence-electron chi connectivity index (χ1n) is 4.90. The summed E-state index contributed by atoms with van der Waals surface area (Å²) >= 11 is 0. The molecule has 0 aromatic carbocycles. The standard InChI is InChI=1S/C12H11N3O/c1-9-2-3-11(8-14-9)15-12(16)10-4-6-13-7-5-10/h2-8H,1H3,(H,15,16). The fraction of sp³-hybridized carbons (Fsp3) is 0.0833. The summed E-state index contributed by atoms with van der Waals surface area (Å²) in [6.07, 6.45) is 4.80. The van der Waals surface area contributed by atoms with Crippen LogP contribution in [0.2, 0.25) is 0 Å². The zero-order chi connectivity index (χ0) is 11.4. The predicted molar refractivity (Wildman–Crippen MR) is 61.2 cm³/mol. The normalized spacial score (nSPS) is 9.81. The van der Waals surface area contributed by atoms with E-state index >= 15 is 0 Å². The van der Waals surface area contributed by atoms with Gasteiger partial charge in [0.25, 0.3) is 5.91 Å². The summed E-state index contributed by atoms with van der Waals surface area (Å²) in [6, 6.07) is 7.00. The average Bonchev–Trinajstić information content (AvgIpc) is 2.33. The van der Waals surface area contributed by atoms with Crippen LogP contribution in [0.15, 0.2) is 42.9 Å². The van der Waals surface area contributed by atoms with Gasteiger partial charge in [-0.3, -0.25) is 14.8 Å². The second-order valence-electron chi connectivity index (χ2n) is 3.38.